The van der Waals surface area contributed by atoms with Gasteiger partial charge in [0.15, 0.2) is 5.76 Å². The predicted molar refractivity (Wildman–Crippen MR) is 84.4 cm³/mol. The first-order chi connectivity index (χ1) is 11.7. The highest BCUT2D eigenvalue weighted by molar-refractivity contribution is 5.80. The fraction of sp³-hybridized carbons (Fsp3) is 0.235. The van der Waals surface area contributed by atoms with Gasteiger partial charge in [-0.15, -0.1) is 10.2 Å². The number of aromatic nitrogens is 2. The van der Waals surface area contributed by atoms with Gasteiger partial charge in [-0.05, 0) is 29.7 Å². The van der Waals surface area contributed by atoms with Crippen molar-refractivity contribution in [2.75, 3.05) is 0 Å². The number of nitrogens with two attached hydrogens (primary N) is 1. The maximum atomic E-state index is 11.9. The highest BCUT2D eigenvalue weighted by Gasteiger charge is 2.31. The highest BCUT2D eigenvalue weighted by Crippen LogP contribution is 2.25. The number of furan rings is 1. The first kappa shape index (κ1) is 14.6. The van der Waals surface area contributed by atoms with E-state index in [2.05, 4.69) is 16.3 Å². The van der Waals surface area contributed by atoms with Gasteiger partial charge in [0.25, 0.3) is 5.89 Å². The van der Waals surface area contributed by atoms with Crippen molar-refractivity contribution >= 4 is 5.91 Å². The molecule has 0 aliphatic carbocycles. The maximum Gasteiger partial charge on any atom is 0.283 e. The van der Waals surface area contributed by atoms with Gasteiger partial charge in [-0.25, -0.2) is 0 Å². The summed E-state index contributed by atoms with van der Waals surface area (Å²) >= 11 is 0. The van der Waals surface area contributed by atoms with Gasteiger partial charge in [-0.2, -0.15) is 0 Å². The molecule has 7 heteroatoms. The molecule has 0 radical (unpaired) electrons. The standard InChI is InChI=1S/C17H16N4O3/c18-16(22)13-8-11-4-1-2-5-12(11)9-21(13)10-15-19-20-17(24-15)14-6-3-7-23-14/h1-7,13H,8-10H2,(H2,18,22)/t13-/m0/s1. The third kappa shape index (κ3) is 2.69. The molecule has 3 aromatic rings. The molecule has 0 saturated heterocycles. The van der Waals surface area contributed by atoms with Gasteiger partial charge in [0.2, 0.25) is 11.8 Å². The second-order valence-corrected chi connectivity index (χ2v) is 5.77. The van der Waals surface area contributed by atoms with Crippen LogP contribution in [0.1, 0.15) is 17.0 Å². The predicted octanol–water partition coefficient (Wildman–Crippen LogP) is 1.74. The largest absolute Gasteiger partial charge is 0.459 e. The van der Waals surface area contributed by atoms with Crippen LogP contribution in [0.4, 0.5) is 0 Å². The Morgan fingerprint density at radius 1 is 1.21 bits per heavy atom. The summed E-state index contributed by atoms with van der Waals surface area (Å²) in [4.78, 5) is 13.8. The lowest BCUT2D eigenvalue weighted by atomic mass is 9.93. The minimum absolute atomic E-state index is 0.322. The number of rotatable bonds is 4. The van der Waals surface area contributed by atoms with Crippen LogP contribution in [0.25, 0.3) is 11.7 Å². The average molecular weight is 324 g/mol. The van der Waals surface area contributed by atoms with Gasteiger partial charge in [-0.3, -0.25) is 9.69 Å². The minimum atomic E-state index is -0.390. The molecule has 1 atom stereocenters. The third-order valence-electron chi connectivity index (χ3n) is 4.21. The normalized spacial score (nSPS) is 17.6. The molecular weight excluding hydrogens is 308 g/mol. The molecule has 24 heavy (non-hydrogen) atoms. The molecule has 1 aliphatic heterocycles. The number of carbonyl (C=O) groups is 1. The van der Waals surface area contributed by atoms with Gasteiger partial charge >= 0.3 is 0 Å². The summed E-state index contributed by atoms with van der Waals surface area (Å²) < 4.78 is 10.9. The van der Waals surface area contributed by atoms with E-state index in [0.29, 0.717) is 37.1 Å². The number of nitrogens with zero attached hydrogens (tertiary/aromatic N) is 3. The topological polar surface area (TPSA) is 98.4 Å². The van der Waals surface area contributed by atoms with Crippen molar-refractivity contribution in [2.24, 2.45) is 5.73 Å². The Labute approximate surface area is 138 Å². The fourth-order valence-corrected chi connectivity index (χ4v) is 3.01. The molecule has 0 fully saturated rings. The van der Waals surface area contributed by atoms with E-state index in [4.69, 9.17) is 14.6 Å². The lowest BCUT2D eigenvalue weighted by molar-refractivity contribution is -0.124. The second kappa shape index (κ2) is 5.93. The summed E-state index contributed by atoms with van der Waals surface area (Å²) in [6.45, 7) is 0.970. The summed E-state index contributed by atoms with van der Waals surface area (Å²) in [6, 6.07) is 11.2. The lowest BCUT2D eigenvalue weighted by Gasteiger charge is -2.33. The SMILES string of the molecule is NC(=O)[C@@H]1Cc2ccccc2CN1Cc1nnc(-c2ccco2)o1. The Morgan fingerprint density at radius 2 is 2.04 bits per heavy atom. The van der Waals surface area contributed by atoms with Crippen molar-refractivity contribution in [3.63, 3.8) is 0 Å². The Hall–Kier alpha value is -2.93. The van der Waals surface area contributed by atoms with Crippen LogP contribution in [0.5, 0.6) is 0 Å². The third-order valence-corrected chi connectivity index (χ3v) is 4.21. The van der Waals surface area contributed by atoms with E-state index in [0.717, 1.165) is 5.56 Å². The van der Waals surface area contributed by atoms with Crippen LogP contribution in [-0.4, -0.2) is 27.0 Å². The quantitative estimate of drug-likeness (QED) is 0.785. The molecule has 1 aromatic carbocycles. The summed E-state index contributed by atoms with van der Waals surface area (Å²) in [7, 11) is 0. The second-order valence-electron chi connectivity index (χ2n) is 5.77. The highest BCUT2D eigenvalue weighted by atomic mass is 16.4. The molecule has 2 aromatic heterocycles. The van der Waals surface area contributed by atoms with Crippen molar-refractivity contribution < 1.29 is 13.6 Å². The number of fused-ring (bicyclic) bond motifs is 1. The van der Waals surface area contributed by atoms with E-state index < -0.39 is 0 Å². The van der Waals surface area contributed by atoms with Crippen molar-refractivity contribution in [1.82, 2.24) is 15.1 Å². The van der Waals surface area contributed by atoms with E-state index in [1.165, 1.54) is 5.56 Å². The van der Waals surface area contributed by atoms with E-state index in [9.17, 15) is 4.79 Å². The van der Waals surface area contributed by atoms with Crippen molar-refractivity contribution in [3.8, 4) is 11.7 Å². The molecule has 122 valence electrons. The Balaban J connectivity index is 1.57. The number of primary amides is 1. The Kier molecular flexibility index (Phi) is 3.62. The number of amides is 1. The molecule has 1 amide bonds. The van der Waals surface area contributed by atoms with Crippen LogP contribution < -0.4 is 5.73 Å². The van der Waals surface area contributed by atoms with Crippen LogP contribution in [0.3, 0.4) is 0 Å². The van der Waals surface area contributed by atoms with Crippen LogP contribution in [-0.2, 0) is 24.3 Å². The molecule has 1 aliphatic rings. The number of hydrogen-bond donors (Lipinski definition) is 1. The zero-order valence-corrected chi connectivity index (χ0v) is 12.9. The van der Waals surface area contributed by atoms with Gasteiger partial charge in [0.05, 0.1) is 18.8 Å². The molecule has 2 N–H and O–H groups in total. The first-order valence-corrected chi connectivity index (χ1v) is 7.67. The number of carbonyl (C=O) groups excluding carboxylic acids is 1. The molecular formula is C17H16N4O3. The summed E-state index contributed by atoms with van der Waals surface area (Å²) in [5.41, 5.74) is 7.92. The van der Waals surface area contributed by atoms with E-state index in [-0.39, 0.29) is 11.9 Å². The molecule has 0 spiro atoms. The molecule has 0 saturated carbocycles. The average Bonchev–Trinajstić information content (AvgIpc) is 3.25. The van der Waals surface area contributed by atoms with E-state index in [1.54, 1.807) is 18.4 Å². The smallest absolute Gasteiger partial charge is 0.283 e. The van der Waals surface area contributed by atoms with Crippen LogP contribution in [0.2, 0.25) is 0 Å². The summed E-state index contributed by atoms with van der Waals surface area (Å²) in [5.74, 6) is 0.912. The van der Waals surface area contributed by atoms with Crippen LogP contribution in [0, 0.1) is 0 Å². The van der Waals surface area contributed by atoms with Crippen LogP contribution in [0.15, 0.2) is 51.5 Å². The molecule has 3 heterocycles. The van der Waals surface area contributed by atoms with Gasteiger partial charge in [-0.1, -0.05) is 24.3 Å². The number of benzene rings is 1. The van der Waals surface area contributed by atoms with Gasteiger partial charge in [0.1, 0.15) is 0 Å². The zero-order valence-electron chi connectivity index (χ0n) is 12.9. The molecule has 4 rings (SSSR count). The number of hydrogen-bond acceptors (Lipinski definition) is 6. The zero-order chi connectivity index (χ0) is 16.5. The fourth-order valence-electron chi connectivity index (χ4n) is 3.01. The monoisotopic (exact) mass is 324 g/mol. The molecule has 0 unspecified atom stereocenters. The maximum absolute atomic E-state index is 11.9. The first-order valence-electron chi connectivity index (χ1n) is 7.67. The van der Waals surface area contributed by atoms with E-state index >= 15 is 0 Å². The minimum Gasteiger partial charge on any atom is -0.459 e. The molecule has 0 bridgehead atoms. The molecule has 7 nitrogen and oxygen atoms in total. The summed E-state index contributed by atoms with van der Waals surface area (Å²) in [6.07, 6.45) is 2.13. The summed E-state index contributed by atoms with van der Waals surface area (Å²) in [5, 5.41) is 8.03. The Bertz CT molecular complexity index is 856. The van der Waals surface area contributed by atoms with Crippen LogP contribution >= 0.6 is 0 Å². The Morgan fingerprint density at radius 3 is 2.79 bits per heavy atom. The van der Waals surface area contributed by atoms with Crippen molar-refractivity contribution in [1.29, 1.82) is 0 Å². The van der Waals surface area contributed by atoms with Gasteiger partial charge < -0.3 is 14.6 Å². The van der Waals surface area contributed by atoms with Crippen molar-refractivity contribution in [2.45, 2.75) is 25.6 Å². The van der Waals surface area contributed by atoms with Gasteiger partial charge in [0, 0.05) is 6.54 Å². The van der Waals surface area contributed by atoms with E-state index in [1.807, 2.05) is 23.1 Å². The van der Waals surface area contributed by atoms with Crippen molar-refractivity contribution in [3.05, 3.63) is 59.7 Å². The lowest BCUT2D eigenvalue weighted by Crippen LogP contribution is -2.48.